The summed E-state index contributed by atoms with van der Waals surface area (Å²) >= 11 is 5.88. The van der Waals surface area contributed by atoms with Gasteiger partial charge in [-0.05, 0) is 68.4 Å². The molecule has 12 heteroatoms. The SMILES string of the molecule is O=C(NC1CCC(Cn2c(=O)n(-c3ccc(CCC(F)F)nc3)c3ccccc32)CC1)c1cc(Cl)cnc1C(F)F. The van der Waals surface area contributed by atoms with Gasteiger partial charge in [-0.15, -0.1) is 0 Å². The van der Waals surface area contributed by atoms with Gasteiger partial charge >= 0.3 is 5.69 Å². The molecule has 0 unspecified atom stereocenters. The molecule has 0 spiro atoms. The zero-order chi connectivity index (χ0) is 29.1. The molecule has 0 saturated heterocycles. The summed E-state index contributed by atoms with van der Waals surface area (Å²) in [7, 11) is 0. The fourth-order valence-electron chi connectivity index (χ4n) is 5.40. The maximum absolute atomic E-state index is 13.6. The van der Waals surface area contributed by atoms with Gasteiger partial charge in [-0.25, -0.2) is 22.4 Å². The number of hydrogen-bond acceptors (Lipinski definition) is 4. The van der Waals surface area contributed by atoms with Crippen LogP contribution in [0.2, 0.25) is 5.02 Å². The molecular weight excluding hydrogens is 562 g/mol. The van der Waals surface area contributed by atoms with E-state index in [0.29, 0.717) is 36.3 Å². The number of nitrogens with zero attached hydrogens (tertiary/aromatic N) is 4. The number of imidazole rings is 1. The number of aromatic nitrogens is 4. The molecule has 1 saturated carbocycles. The summed E-state index contributed by atoms with van der Waals surface area (Å²) in [4.78, 5) is 34.3. The Labute approximate surface area is 238 Å². The van der Waals surface area contributed by atoms with Crippen molar-refractivity contribution in [1.82, 2.24) is 24.4 Å². The van der Waals surface area contributed by atoms with Crippen LogP contribution in [0.1, 0.15) is 60.3 Å². The minimum atomic E-state index is -2.90. The Morgan fingerprint density at radius 1 is 1.00 bits per heavy atom. The van der Waals surface area contributed by atoms with Crippen molar-refractivity contribution in [2.75, 3.05) is 0 Å². The second-order valence-electron chi connectivity index (χ2n) is 10.2. The summed E-state index contributed by atoms with van der Waals surface area (Å²) < 4.78 is 55.1. The zero-order valence-electron chi connectivity index (χ0n) is 22.0. The second kappa shape index (κ2) is 12.4. The Balaban J connectivity index is 1.28. The number of carbonyl (C=O) groups is 1. The number of halogens is 5. The first-order valence-electron chi connectivity index (χ1n) is 13.4. The van der Waals surface area contributed by atoms with Crippen molar-refractivity contribution in [2.45, 2.75) is 64.0 Å². The molecule has 1 amide bonds. The molecule has 1 N–H and O–H groups in total. The molecule has 216 valence electrons. The smallest absolute Gasteiger partial charge is 0.333 e. The molecule has 4 aromatic rings. The number of alkyl halides is 4. The lowest BCUT2D eigenvalue weighted by Crippen LogP contribution is -2.39. The van der Waals surface area contributed by atoms with Crippen LogP contribution >= 0.6 is 11.6 Å². The van der Waals surface area contributed by atoms with Crippen molar-refractivity contribution in [2.24, 2.45) is 5.92 Å². The third kappa shape index (κ3) is 6.45. The van der Waals surface area contributed by atoms with Crippen LogP contribution in [0.4, 0.5) is 17.6 Å². The van der Waals surface area contributed by atoms with Gasteiger partial charge in [0.05, 0.1) is 33.5 Å². The Morgan fingerprint density at radius 2 is 1.73 bits per heavy atom. The van der Waals surface area contributed by atoms with E-state index in [9.17, 15) is 27.2 Å². The minimum Gasteiger partial charge on any atom is -0.349 e. The van der Waals surface area contributed by atoms with E-state index in [1.165, 1.54) is 12.3 Å². The van der Waals surface area contributed by atoms with E-state index in [1.54, 1.807) is 21.3 Å². The lowest BCUT2D eigenvalue weighted by Gasteiger charge is -2.29. The van der Waals surface area contributed by atoms with E-state index in [4.69, 9.17) is 11.6 Å². The summed E-state index contributed by atoms with van der Waals surface area (Å²) in [6.45, 7) is 0.473. The first kappa shape index (κ1) is 28.8. The molecular formula is C29H28ClF4N5O2. The molecule has 41 heavy (non-hydrogen) atoms. The number of aryl methyl sites for hydroxylation is 1. The number of carbonyl (C=O) groups excluding carboxylic acids is 1. The summed E-state index contributed by atoms with van der Waals surface area (Å²) in [6, 6.07) is 11.8. The van der Waals surface area contributed by atoms with Gasteiger partial charge in [-0.1, -0.05) is 23.7 Å². The van der Waals surface area contributed by atoms with Crippen molar-refractivity contribution in [1.29, 1.82) is 0 Å². The first-order valence-corrected chi connectivity index (χ1v) is 13.8. The fourth-order valence-corrected chi connectivity index (χ4v) is 5.56. The van der Waals surface area contributed by atoms with E-state index >= 15 is 0 Å². The van der Waals surface area contributed by atoms with Crippen LogP contribution in [-0.2, 0) is 13.0 Å². The van der Waals surface area contributed by atoms with Gasteiger partial charge in [0.2, 0.25) is 6.43 Å². The Bertz CT molecular complexity index is 1580. The van der Waals surface area contributed by atoms with Crippen molar-refractivity contribution in [3.05, 3.63) is 87.3 Å². The number of fused-ring (bicyclic) bond motifs is 1. The standard InChI is InChI=1S/C29H28ClF4N5O2/c30-18-13-22(26(27(33)34)36-14-18)28(40)37-20-7-5-17(6-8-20)16-38-23-3-1-2-4-24(23)39(29(38)41)21-11-9-19(35-15-21)10-12-25(31)32/h1-4,9,11,13-15,17,20,25,27H,5-8,10,12,16H2,(H,37,40). The Morgan fingerprint density at radius 3 is 2.39 bits per heavy atom. The molecule has 3 heterocycles. The third-order valence-corrected chi connectivity index (χ3v) is 7.69. The lowest BCUT2D eigenvalue weighted by molar-refractivity contribution is 0.0904. The number of amides is 1. The molecule has 3 aromatic heterocycles. The minimum absolute atomic E-state index is 0.103. The predicted molar refractivity (Wildman–Crippen MR) is 147 cm³/mol. The molecule has 1 fully saturated rings. The summed E-state index contributed by atoms with van der Waals surface area (Å²) in [5, 5.41) is 2.94. The number of rotatable bonds is 9. The molecule has 0 atom stereocenters. The molecule has 0 bridgehead atoms. The zero-order valence-corrected chi connectivity index (χ0v) is 22.7. The van der Waals surface area contributed by atoms with E-state index in [-0.39, 0.29) is 41.1 Å². The van der Waals surface area contributed by atoms with Gasteiger partial charge < -0.3 is 5.32 Å². The maximum Gasteiger partial charge on any atom is 0.333 e. The quantitative estimate of drug-likeness (QED) is 0.230. The van der Waals surface area contributed by atoms with Crippen LogP contribution < -0.4 is 11.0 Å². The molecule has 0 radical (unpaired) electrons. The fraction of sp³-hybridized carbons (Fsp3) is 0.379. The van der Waals surface area contributed by atoms with E-state index in [2.05, 4.69) is 15.3 Å². The Kier molecular flexibility index (Phi) is 8.72. The van der Waals surface area contributed by atoms with Crippen molar-refractivity contribution in [3.8, 4) is 5.69 Å². The van der Waals surface area contributed by atoms with Crippen LogP contribution in [0, 0.1) is 5.92 Å². The molecule has 1 aliphatic rings. The lowest BCUT2D eigenvalue weighted by atomic mass is 9.85. The molecule has 1 aliphatic carbocycles. The van der Waals surface area contributed by atoms with Crippen molar-refractivity contribution in [3.63, 3.8) is 0 Å². The van der Waals surface area contributed by atoms with Crippen LogP contribution in [0.3, 0.4) is 0 Å². The normalized spacial score (nSPS) is 17.4. The number of benzene rings is 1. The highest BCUT2D eigenvalue weighted by Crippen LogP contribution is 2.29. The number of pyridine rings is 2. The van der Waals surface area contributed by atoms with Crippen LogP contribution in [-0.4, -0.2) is 37.5 Å². The predicted octanol–water partition coefficient (Wildman–Crippen LogP) is 6.36. The highest BCUT2D eigenvalue weighted by Gasteiger charge is 2.27. The van der Waals surface area contributed by atoms with Crippen LogP contribution in [0.25, 0.3) is 16.7 Å². The summed E-state index contributed by atoms with van der Waals surface area (Å²) in [5.41, 5.74) is 1.51. The number of para-hydroxylation sites is 2. The largest absolute Gasteiger partial charge is 0.349 e. The Hall–Kier alpha value is -3.73. The topological polar surface area (TPSA) is 81.8 Å². The third-order valence-electron chi connectivity index (χ3n) is 7.48. The van der Waals surface area contributed by atoms with E-state index < -0.39 is 24.5 Å². The average molecular weight is 590 g/mol. The van der Waals surface area contributed by atoms with Crippen LogP contribution in [0.15, 0.2) is 59.7 Å². The van der Waals surface area contributed by atoms with Gasteiger partial charge in [0, 0.05) is 30.9 Å². The van der Waals surface area contributed by atoms with E-state index in [1.807, 2.05) is 24.3 Å². The van der Waals surface area contributed by atoms with Crippen LogP contribution in [0.5, 0.6) is 0 Å². The van der Waals surface area contributed by atoms with Gasteiger partial charge in [0.15, 0.2) is 0 Å². The summed E-state index contributed by atoms with van der Waals surface area (Å²) in [6.07, 6.45) is -0.0797. The average Bonchev–Trinajstić information content (AvgIpc) is 3.23. The second-order valence-corrected chi connectivity index (χ2v) is 10.7. The maximum atomic E-state index is 13.6. The molecule has 1 aromatic carbocycles. The molecule has 7 nitrogen and oxygen atoms in total. The molecule has 5 rings (SSSR count). The van der Waals surface area contributed by atoms with Gasteiger partial charge in [-0.2, -0.15) is 0 Å². The number of hydrogen-bond donors (Lipinski definition) is 1. The highest BCUT2D eigenvalue weighted by atomic mass is 35.5. The van der Waals surface area contributed by atoms with Crippen molar-refractivity contribution >= 4 is 28.5 Å². The van der Waals surface area contributed by atoms with Gasteiger partial charge in [-0.3, -0.25) is 23.9 Å². The molecule has 0 aliphatic heterocycles. The van der Waals surface area contributed by atoms with Gasteiger partial charge in [0.25, 0.3) is 12.3 Å². The van der Waals surface area contributed by atoms with Gasteiger partial charge in [0.1, 0.15) is 5.69 Å². The highest BCUT2D eigenvalue weighted by molar-refractivity contribution is 6.30. The number of nitrogens with one attached hydrogen (secondary N) is 1. The monoisotopic (exact) mass is 589 g/mol. The first-order chi connectivity index (χ1) is 19.7. The van der Waals surface area contributed by atoms with Crippen molar-refractivity contribution < 1.29 is 22.4 Å². The van der Waals surface area contributed by atoms with E-state index in [0.717, 1.165) is 24.6 Å². The summed E-state index contributed by atoms with van der Waals surface area (Å²) in [5.74, 6) is -0.466.